The van der Waals surface area contributed by atoms with E-state index < -0.39 is 0 Å². The van der Waals surface area contributed by atoms with Gasteiger partial charge in [-0.15, -0.1) is 11.3 Å². The molecule has 0 radical (unpaired) electrons. The molecule has 1 aromatic rings. The second-order valence-electron chi connectivity index (χ2n) is 3.35. The van der Waals surface area contributed by atoms with E-state index in [0.717, 1.165) is 20.4 Å². The molecule has 0 saturated heterocycles. The Bertz CT molecular complexity index is 406. The summed E-state index contributed by atoms with van der Waals surface area (Å²) in [4.78, 5) is 11.9. The zero-order valence-electron chi connectivity index (χ0n) is 7.80. The van der Waals surface area contributed by atoms with Gasteiger partial charge in [0.2, 0.25) is 0 Å². The fourth-order valence-electron chi connectivity index (χ4n) is 1.49. The first-order valence-corrected chi connectivity index (χ1v) is 6.98. The largest absolute Gasteiger partial charge is 0.349 e. The van der Waals surface area contributed by atoms with Gasteiger partial charge < -0.3 is 5.32 Å². The van der Waals surface area contributed by atoms with Gasteiger partial charge in [0, 0.05) is 6.04 Å². The van der Waals surface area contributed by atoms with Crippen molar-refractivity contribution in [2.75, 3.05) is 0 Å². The average molecular weight is 351 g/mol. The summed E-state index contributed by atoms with van der Waals surface area (Å²) >= 11 is 8.25. The van der Waals surface area contributed by atoms with Crippen LogP contribution in [0.25, 0.3) is 0 Å². The van der Waals surface area contributed by atoms with Gasteiger partial charge in [0.1, 0.15) is 0 Å². The van der Waals surface area contributed by atoms with Crippen molar-refractivity contribution in [3.05, 3.63) is 31.4 Å². The molecule has 1 aromatic heterocycles. The van der Waals surface area contributed by atoms with Crippen LogP contribution in [0.5, 0.6) is 0 Å². The maximum atomic E-state index is 11.9. The second-order valence-corrected chi connectivity index (χ2v) is 7.10. The molecule has 0 fully saturated rings. The van der Waals surface area contributed by atoms with Crippen LogP contribution in [0.1, 0.15) is 23.2 Å². The normalized spacial score (nSPS) is 15.9. The van der Waals surface area contributed by atoms with E-state index in [1.54, 1.807) is 0 Å². The lowest BCUT2D eigenvalue weighted by Gasteiger charge is -2.11. The third-order valence-electron chi connectivity index (χ3n) is 2.24. The lowest BCUT2D eigenvalue weighted by atomic mass is 10.2. The molecule has 1 aliphatic rings. The highest BCUT2D eigenvalue weighted by atomic mass is 79.9. The fraction of sp³-hybridized carbons (Fsp3) is 0.300. The Kier molecular flexibility index (Phi) is 3.64. The van der Waals surface area contributed by atoms with Gasteiger partial charge in [0.15, 0.2) is 0 Å². The summed E-state index contributed by atoms with van der Waals surface area (Å²) in [6, 6.07) is 2.11. The fourth-order valence-corrected chi connectivity index (χ4v) is 4.29. The highest BCUT2D eigenvalue weighted by Gasteiger charge is 2.18. The van der Waals surface area contributed by atoms with Crippen LogP contribution in [0.15, 0.2) is 25.8 Å². The smallest absolute Gasteiger partial charge is 0.253 e. The molecule has 0 saturated carbocycles. The minimum Gasteiger partial charge on any atom is -0.349 e. The van der Waals surface area contributed by atoms with Gasteiger partial charge >= 0.3 is 0 Å². The summed E-state index contributed by atoms with van der Waals surface area (Å²) in [5, 5.41) is 3.00. The van der Waals surface area contributed by atoms with Crippen LogP contribution in [0.3, 0.4) is 0 Å². The van der Waals surface area contributed by atoms with Crippen LogP contribution in [0.2, 0.25) is 0 Å². The molecular weight excluding hydrogens is 342 g/mol. The standard InChI is InChI=1S/C10H9Br2NOS/c11-8-5-7(9(12)15-8)10(14)13-6-3-1-2-4-6/h1-2,5-6H,3-4H2,(H,13,14). The number of carbonyl (C=O) groups excluding carboxylic acids is 1. The third-order valence-corrected chi connectivity index (χ3v) is 4.58. The molecule has 1 N–H and O–H groups in total. The van der Waals surface area contributed by atoms with Crippen LogP contribution in [-0.4, -0.2) is 11.9 Å². The first-order chi connectivity index (χ1) is 7.16. The molecule has 1 amide bonds. The van der Waals surface area contributed by atoms with E-state index in [9.17, 15) is 4.79 Å². The number of rotatable bonds is 2. The Morgan fingerprint density at radius 3 is 2.60 bits per heavy atom. The van der Waals surface area contributed by atoms with E-state index >= 15 is 0 Å². The number of halogens is 2. The lowest BCUT2D eigenvalue weighted by Crippen LogP contribution is -2.32. The number of thiophene rings is 1. The van der Waals surface area contributed by atoms with Crippen molar-refractivity contribution in [1.82, 2.24) is 5.32 Å². The summed E-state index contributed by atoms with van der Waals surface area (Å²) in [5.41, 5.74) is 0.707. The molecule has 1 aliphatic carbocycles. The van der Waals surface area contributed by atoms with Gasteiger partial charge in [0.25, 0.3) is 5.91 Å². The summed E-state index contributed by atoms with van der Waals surface area (Å²) in [7, 11) is 0. The molecule has 80 valence electrons. The van der Waals surface area contributed by atoms with Gasteiger partial charge in [-0.3, -0.25) is 4.79 Å². The summed E-state index contributed by atoms with van der Waals surface area (Å²) in [6.07, 6.45) is 6.08. The zero-order chi connectivity index (χ0) is 10.8. The molecule has 0 spiro atoms. The molecule has 15 heavy (non-hydrogen) atoms. The average Bonchev–Trinajstić information content (AvgIpc) is 2.75. The third kappa shape index (κ3) is 2.71. The van der Waals surface area contributed by atoms with E-state index in [2.05, 4.69) is 49.3 Å². The van der Waals surface area contributed by atoms with Crippen LogP contribution in [0, 0.1) is 0 Å². The molecule has 0 aliphatic heterocycles. The monoisotopic (exact) mass is 349 g/mol. The maximum absolute atomic E-state index is 11.9. The number of nitrogens with one attached hydrogen (secondary N) is 1. The topological polar surface area (TPSA) is 29.1 Å². The van der Waals surface area contributed by atoms with Crippen molar-refractivity contribution >= 4 is 49.1 Å². The van der Waals surface area contributed by atoms with Crippen LogP contribution in [0.4, 0.5) is 0 Å². The van der Waals surface area contributed by atoms with Crippen LogP contribution >= 0.6 is 43.2 Å². The minimum atomic E-state index is -0.00229. The number of hydrogen-bond acceptors (Lipinski definition) is 2. The predicted octanol–water partition coefficient (Wildman–Crippen LogP) is 3.72. The number of amides is 1. The molecule has 1 heterocycles. The molecule has 2 nitrogen and oxygen atoms in total. The highest BCUT2D eigenvalue weighted by molar-refractivity contribution is 9.12. The summed E-state index contributed by atoms with van der Waals surface area (Å²) < 4.78 is 1.84. The molecule has 0 unspecified atom stereocenters. The Hall–Kier alpha value is -0.130. The van der Waals surface area contributed by atoms with Gasteiger partial charge in [-0.25, -0.2) is 0 Å². The molecular formula is C10H9Br2NOS. The molecule has 0 aromatic carbocycles. The van der Waals surface area contributed by atoms with Crippen molar-refractivity contribution in [3.8, 4) is 0 Å². The predicted molar refractivity (Wildman–Crippen MR) is 69.3 cm³/mol. The van der Waals surface area contributed by atoms with E-state index in [1.165, 1.54) is 11.3 Å². The van der Waals surface area contributed by atoms with Gasteiger partial charge in [-0.05, 0) is 50.8 Å². The SMILES string of the molecule is O=C(NC1CC=CC1)c1cc(Br)sc1Br. The van der Waals surface area contributed by atoms with Crippen molar-refractivity contribution in [3.63, 3.8) is 0 Å². The van der Waals surface area contributed by atoms with Crippen molar-refractivity contribution < 1.29 is 4.79 Å². The number of carbonyl (C=O) groups is 1. The van der Waals surface area contributed by atoms with Gasteiger partial charge in [0.05, 0.1) is 13.1 Å². The zero-order valence-corrected chi connectivity index (χ0v) is 11.8. The van der Waals surface area contributed by atoms with Crippen LogP contribution in [-0.2, 0) is 0 Å². The first-order valence-electron chi connectivity index (χ1n) is 4.57. The molecule has 2 rings (SSSR count). The molecule has 0 atom stereocenters. The van der Waals surface area contributed by atoms with Crippen molar-refractivity contribution in [2.45, 2.75) is 18.9 Å². The summed E-state index contributed by atoms with van der Waals surface area (Å²) in [5.74, 6) is -0.00229. The maximum Gasteiger partial charge on any atom is 0.253 e. The molecule has 5 heteroatoms. The van der Waals surface area contributed by atoms with E-state index in [1.807, 2.05) is 6.07 Å². The second kappa shape index (κ2) is 4.80. The van der Waals surface area contributed by atoms with Gasteiger partial charge in [-0.2, -0.15) is 0 Å². The number of hydrogen-bond donors (Lipinski definition) is 1. The summed E-state index contributed by atoms with van der Waals surface area (Å²) in [6.45, 7) is 0. The quantitative estimate of drug-likeness (QED) is 0.809. The highest BCUT2D eigenvalue weighted by Crippen LogP contribution is 2.31. The lowest BCUT2D eigenvalue weighted by molar-refractivity contribution is 0.0938. The van der Waals surface area contributed by atoms with Crippen molar-refractivity contribution in [1.29, 1.82) is 0 Å². The van der Waals surface area contributed by atoms with E-state index in [0.29, 0.717) is 5.56 Å². The Labute approximate surface area is 109 Å². The Balaban J connectivity index is 2.04. The van der Waals surface area contributed by atoms with E-state index in [4.69, 9.17) is 0 Å². The minimum absolute atomic E-state index is 0.00229. The van der Waals surface area contributed by atoms with Crippen molar-refractivity contribution in [2.24, 2.45) is 0 Å². The first kappa shape index (κ1) is 11.4. The Morgan fingerprint density at radius 2 is 2.07 bits per heavy atom. The van der Waals surface area contributed by atoms with Gasteiger partial charge in [-0.1, -0.05) is 12.2 Å². The van der Waals surface area contributed by atoms with Crippen LogP contribution < -0.4 is 5.32 Å². The van der Waals surface area contributed by atoms with E-state index in [-0.39, 0.29) is 11.9 Å². The Morgan fingerprint density at radius 1 is 1.40 bits per heavy atom. The molecule has 0 bridgehead atoms.